The minimum atomic E-state index is -3.50. The number of piperidine rings is 1. The Morgan fingerprint density at radius 1 is 1.45 bits per heavy atom. The monoisotopic (exact) mass is 362 g/mol. The molecule has 2 N–H and O–H groups in total. The predicted octanol–water partition coefficient (Wildman–Crippen LogP) is 1.73. The highest BCUT2D eigenvalue weighted by atomic mass is 79.9. The van der Waals surface area contributed by atoms with Gasteiger partial charge in [-0.15, -0.1) is 0 Å². The molecule has 1 saturated heterocycles. The van der Waals surface area contributed by atoms with E-state index in [0.29, 0.717) is 10.2 Å². The second-order valence-corrected chi connectivity index (χ2v) is 7.56. The zero-order valence-electron chi connectivity index (χ0n) is 11.5. The van der Waals surface area contributed by atoms with Gasteiger partial charge in [0.25, 0.3) is 0 Å². The maximum atomic E-state index is 12.4. The largest absolute Gasteiger partial charge is 0.496 e. The molecule has 0 amide bonds. The Labute approximate surface area is 128 Å². The van der Waals surface area contributed by atoms with Gasteiger partial charge >= 0.3 is 0 Å². The fourth-order valence-corrected chi connectivity index (χ4v) is 4.37. The first-order valence-electron chi connectivity index (χ1n) is 6.50. The van der Waals surface area contributed by atoms with Gasteiger partial charge in [0.1, 0.15) is 5.75 Å². The molecule has 0 radical (unpaired) electrons. The van der Waals surface area contributed by atoms with Gasteiger partial charge in [0.15, 0.2) is 0 Å². The molecule has 1 aliphatic heterocycles. The number of halogens is 1. The van der Waals surface area contributed by atoms with Gasteiger partial charge in [-0.05, 0) is 59.6 Å². The summed E-state index contributed by atoms with van der Waals surface area (Å²) in [5.41, 5.74) is 0. The van der Waals surface area contributed by atoms with Crippen molar-refractivity contribution in [3.63, 3.8) is 0 Å². The third kappa shape index (κ3) is 3.52. The number of nitrogens with one attached hydrogen (secondary N) is 2. The van der Waals surface area contributed by atoms with E-state index in [1.165, 1.54) is 0 Å². The van der Waals surface area contributed by atoms with Crippen LogP contribution in [0.15, 0.2) is 27.6 Å². The molecule has 7 heteroatoms. The van der Waals surface area contributed by atoms with Gasteiger partial charge in [-0.3, -0.25) is 0 Å². The minimum absolute atomic E-state index is 0.0258. The predicted molar refractivity (Wildman–Crippen MR) is 81.5 cm³/mol. The van der Waals surface area contributed by atoms with Gasteiger partial charge < -0.3 is 10.1 Å². The van der Waals surface area contributed by atoms with Gasteiger partial charge in [-0.2, -0.15) is 0 Å². The summed E-state index contributed by atoms with van der Waals surface area (Å²) < 4.78 is 33.3. The zero-order chi connectivity index (χ0) is 14.8. The molecule has 1 aliphatic rings. The number of rotatable bonds is 4. The summed E-state index contributed by atoms with van der Waals surface area (Å²) >= 11 is 3.31. The van der Waals surface area contributed by atoms with E-state index in [0.717, 1.165) is 19.5 Å². The number of methoxy groups -OCH3 is 1. The molecule has 1 aromatic rings. The number of sulfonamides is 1. The van der Waals surface area contributed by atoms with Crippen LogP contribution in [0.25, 0.3) is 0 Å². The molecule has 112 valence electrons. The third-order valence-electron chi connectivity index (χ3n) is 3.53. The van der Waals surface area contributed by atoms with Crippen molar-refractivity contribution >= 4 is 26.0 Å². The van der Waals surface area contributed by atoms with Crippen LogP contribution < -0.4 is 14.8 Å². The fourth-order valence-electron chi connectivity index (χ4n) is 2.27. The van der Waals surface area contributed by atoms with E-state index in [4.69, 9.17) is 4.74 Å². The van der Waals surface area contributed by atoms with E-state index in [9.17, 15) is 8.42 Å². The zero-order valence-corrected chi connectivity index (χ0v) is 13.9. The van der Waals surface area contributed by atoms with Crippen LogP contribution in [-0.4, -0.2) is 34.7 Å². The van der Waals surface area contributed by atoms with Crippen molar-refractivity contribution in [2.75, 3.05) is 20.2 Å². The Kier molecular flexibility index (Phi) is 5.06. The lowest BCUT2D eigenvalue weighted by Crippen LogP contribution is -2.48. The standard InChI is InChI=1S/C13H19BrN2O3S/c1-9-8-15-6-5-12(9)16-20(17,18)10-3-4-13(19-2)11(14)7-10/h3-4,7,9,12,15-16H,5-6,8H2,1-2H3. The van der Waals surface area contributed by atoms with Gasteiger partial charge in [0, 0.05) is 6.04 Å². The summed E-state index contributed by atoms with van der Waals surface area (Å²) in [5, 5.41) is 3.26. The molecule has 5 nitrogen and oxygen atoms in total. The van der Waals surface area contributed by atoms with Crippen molar-refractivity contribution < 1.29 is 13.2 Å². The van der Waals surface area contributed by atoms with Crippen molar-refractivity contribution in [3.8, 4) is 5.75 Å². The van der Waals surface area contributed by atoms with E-state index in [1.807, 2.05) is 6.92 Å². The molecule has 0 saturated carbocycles. The lowest BCUT2D eigenvalue weighted by Gasteiger charge is -2.30. The Hall–Kier alpha value is -0.630. The second-order valence-electron chi connectivity index (χ2n) is 4.99. The van der Waals surface area contributed by atoms with Crippen LogP contribution >= 0.6 is 15.9 Å². The molecular weight excluding hydrogens is 344 g/mol. The van der Waals surface area contributed by atoms with Crippen LogP contribution in [0.3, 0.4) is 0 Å². The highest BCUT2D eigenvalue weighted by molar-refractivity contribution is 9.10. The average molecular weight is 363 g/mol. The summed E-state index contributed by atoms with van der Waals surface area (Å²) in [6, 6.07) is 4.73. The van der Waals surface area contributed by atoms with Crippen molar-refractivity contribution in [2.45, 2.75) is 24.3 Å². The number of ether oxygens (including phenoxy) is 1. The number of hydrogen-bond donors (Lipinski definition) is 2. The molecule has 1 aromatic carbocycles. The molecule has 2 unspecified atom stereocenters. The lowest BCUT2D eigenvalue weighted by atomic mass is 9.97. The Morgan fingerprint density at radius 3 is 2.80 bits per heavy atom. The molecule has 1 heterocycles. The average Bonchev–Trinajstić information content (AvgIpc) is 2.41. The first-order valence-corrected chi connectivity index (χ1v) is 8.78. The molecule has 0 spiro atoms. The molecule has 20 heavy (non-hydrogen) atoms. The summed E-state index contributed by atoms with van der Waals surface area (Å²) in [7, 11) is -1.96. The Bertz CT molecular complexity index is 577. The van der Waals surface area contributed by atoms with E-state index < -0.39 is 10.0 Å². The molecule has 0 aromatic heterocycles. The van der Waals surface area contributed by atoms with E-state index >= 15 is 0 Å². The van der Waals surface area contributed by atoms with Crippen LogP contribution in [0.2, 0.25) is 0 Å². The first-order chi connectivity index (χ1) is 9.44. The Morgan fingerprint density at radius 2 is 2.20 bits per heavy atom. The van der Waals surface area contributed by atoms with Crippen molar-refractivity contribution in [2.24, 2.45) is 5.92 Å². The van der Waals surface area contributed by atoms with Gasteiger partial charge in [-0.1, -0.05) is 6.92 Å². The molecular formula is C13H19BrN2O3S. The highest BCUT2D eigenvalue weighted by Gasteiger charge is 2.26. The third-order valence-corrected chi connectivity index (χ3v) is 5.63. The summed E-state index contributed by atoms with van der Waals surface area (Å²) in [6.45, 7) is 3.71. The van der Waals surface area contributed by atoms with E-state index in [-0.39, 0.29) is 16.9 Å². The van der Waals surface area contributed by atoms with Crippen LogP contribution in [0.1, 0.15) is 13.3 Å². The van der Waals surface area contributed by atoms with Crippen LogP contribution in [0.5, 0.6) is 5.75 Å². The molecule has 1 fully saturated rings. The van der Waals surface area contributed by atoms with E-state index in [1.54, 1.807) is 25.3 Å². The Balaban J connectivity index is 2.19. The molecule has 0 aliphatic carbocycles. The molecule has 0 bridgehead atoms. The van der Waals surface area contributed by atoms with Crippen molar-refractivity contribution in [1.29, 1.82) is 0 Å². The van der Waals surface area contributed by atoms with Crippen LogP contribution in [-0.2, 0) is 10.0 Å². The SMILES string of the molecule is COc1ccc(S(=O)(=O)NC2CCNCC2C)cc1Br. The van der Waals surface area contributed by atoms with Gasteiger partial charge in [0.2, 0.25) is 10.0 Å². The van der Waals surface area contributed by atoms with E-state index in [2.05, 4.69) is 26.0 Å². The summed E-state index contributed by atoms with van der Waals surface area (Å²) in [6.07, 6.45) is 0.803. The van der Waals surface area contributed by atoms with Crippen molar-refractivity contribution in [1.82, 2.24) is 10.0 Å². The quantitative estimate of drug-likeness (QED) is 0.855. The second kappa shape index (κ2) is 6.43. The normalized spacial score (nSPS) is 23.6. The minimum Gasteiger partial charge on any atom is -0.496 e. The van der Waals surface area contributed by atoms with Gasteiger partial charge in [0.05, 0.1) is 16.5 Å². The molecule has 2 atom stereocenters. The van der Waals surface area contributed by atoms with Crippen LogP contribution in [0.4, 0.5) is 0 Å². The van der Waals surface area contributed by atoms with Crippen molar-refractivity contribution in [3.05, 3.63) is 22.7 Å². The summed E-state index contributed by atoms with van der Waals surface area (Å²) in [5.74, 6) is 0.888. The summed E-state index contributed by atoms with van der Waals surface area (Å²) in [4.78, 5) is 0.246. The maximum absolute atomic E-state index is 12.4. The van der Waals surface area contributed by atoms with Crippen LogP contribution in [0, 0.1) is 5.92 Å². The van der Waals surface area contributed by atoms with Gasteiger partial charge in [-0.25, -0.2) is 13.1 Å². The topological polar surface area (TPSA) is 67.4 Å². The highest BCUT2D eigenvalue weighted by Crippen LogP contribution is 2.27. The fraction of sp³-hybridized carbons (Fsp3) is 0.538. The maximum Gasteiger partial charge on any atom is 0.240 e. The molecule has 2 rings (SSSR count). The first kappa shape index (κ1) is 15.8. The number of benzene rings is 1. The smallest absolute Gasteiger partial charge is 0.240 e. The number of hydrogen-bond acceptors (Lipinski definition) is 4. The lowest BCUT2D eigenvalue weighted by molar-refractivity contribution is 0.328.